The van der Waals surface area contributed by atoms with Crippen molar-refractivity contribution in [3.05, 3.63) is 12.0 Å². The molecular formula is C5H5NO3. The van der Waals surface area contributed by atoms with Gasteiger partial charge in [0.1, 0.15) is 18.9 Å². The van der Waals surface area contributed by atoms with E-state index in [0.717, 1.165) is 0 Å². The summed E-state index contributed by atoms with van der Waals surface area (Å²) < 4.78 is 9.53. The van der Waals surface area contributed by atoms with Gasteiger partial charge in [0.25, 0.3) is 0 Å². The normalized spacial score (nSPS) is 30.0. The molecule has 0 saturated carbocycles. The standard InChI is InChI=1S/C5H5NO3/c7-5-6-3-1-8-2-4(3)9-5/h2-3H,1H2,(H,6,7). The van der Waals surface area contributed by atoms with E-state index >= 15 is 0 Å². The van der Waals surface area contributed by atoms with Gasteiger partial charge in [0.05, 0.1) is 0 Å². The Morgan fingerprint density at radius 1 is 1.78 bits per heavy atom. The van der Waals surface area contributed by atoms with Crippen molar-refractivity contribution in [2.75, 3.05) is 6.61 Å². The van der Waals surface area contributed by atoms with Gasteiger partial charge in [-0.3, -0.25) is 0 Å². The van der Waals surface area contributed by atoms with E-state index in [1.54, 1.807) is 0 Å². The Morgan fingerprint density at radius 3 is 3.44 bits per heavy atom. The average molecular weight is 127 g/mol. The highest BCUT2D eigenvalue weighted by Crippen LogP contribution is 2.18. The molecule has 4 nitrogen and oxygen atoms in total. The van der Waals surface area contributed by atoms with Gasteiger partial charge >= 0.3 is 6.09 Å². The molecule has 0 spiro atoms. The van der Waals surface area contributed by atoms with Crippen LogP contribution in [0.2, 0.25) is 0 Å². The van der Waals surface area contributed by atoms with Crippen LogP contribution in [0.4, 0.5) is 4.79 Å². The second-order valence-electron chi connectivity index (χ2n) is 1.94. The highest BCUT2D eigenvalue weighted by atomic mass is 16.6. The van der Waals surface area contributed by atoms with Crippen LogP contribution in [0.5, 0.6) is 0 Å². The van der Waals surface area contributed by atoms with Crippen LogP contribution >= 0.6 is 0 Å². The molecule has 0 aliphatic carbocycles. The van der Waals surface area contributed by atoms with Crippen molar-refractivity contribution in [3.8, 4) is 0 Å². The lowest BCUT2D eigenvalue weighted by molar-refractivity contribution is 0.189. The highest BCUT2D eigenvalue weighted by molar-refractivity contribution is 5.72. The molecule has 1 amide bonds. The Kier molecular flexibility index (Phi) is 0.726. The van der Waals surface area contributed by atoms with E-state index in [0.29, 0.717) is 12.4 Å². The third kappa shape index (κ3) is 0.558. The largest absolute Gasteiger partial charge is 0.495 e. The third-order valence-electron chi connectivity index (χ3n) is 1.31. The van der Waals surface area contributed by atoms with Crippen molar-refractivity contribution < 1.29 is 14.3 Å². The van der Waals surface area contributed by atoms with Gasteiger partial charge in [-0.1, -0.05) is 0 Å². The number of carbonyl (C=O) groups is 1. The fourth-order valence-corrected chi connectivity index (χ4v) is 0.877. The van der Waals surface area contributed by atoms with E-state index < -0.39 is 0 Å². The molecular weight excluding hydrogens is 122 g/mol. The molecule has 2 rings (SSSR count). The summed E-state index contributed by atoms with van der Waals surface area (Å²) in [5.74, 6) is 0.597. The number of fused-ring (bicyclic) bond motifs is 1. The van der Waals surface area contributed by atoms with Crippen LogP contribution in [0, 0.1) is 0 Å². The van der Waals surface area contributed by atoms with Crippen LogP contribution in [-0.2, 0) is 9.47 Å². The van der Waals surface area contributed by atoms with Crippen molar-refractivity contribution in [1.29, 1.82) is 0 Å². The van der Waals surface area contributed by atoms with Gasteiger partial charge in [0, 0.05) is 0 Å². The van der Waals surface area contributed by atoms with E-state index in [4.69, 9.17) is 4.74 Å². The molecule has 0 radical (unpaired) electrons. The summed E-state index contributed by atoms with van der Waals surface area (Å²) in [7, 11) is 0. The molecule has 1 saturated heterocycles. The summed E-state index contributed by atoms with van der Waals surface area (Å²) in [6.07, 6.45) is 1.08. The molecule has 1 unspecified atom stereocenters. The lowest BCUT2D eigenvalue weighted by Crippen LogP contribution is -2.26. The van der Waals surface area contributed by atoms with Crippen molar-refractivity contribution in [2.45, 2.75) is 6.04 Å². The smallest absolute Gasteiger partial charge is 0.413 e. The molecule has 4 heteroatoms. The first-order chi connectivity index (χ1) is 4.36. The molecule has 2 aliphatic heterocycles. The first-order valence-corrected chi connectivity index (χ1v) is 2.66. The fourth-order valence-electron chi connectivity index (χ4n) is 0.877. The van der Waals surface area contributed by atoms with Crippen molar-refractivity contribution >= 4 is 6.09 Å². The maximum absolute atomic E-state index is 10.4. The molecule has 2 heterocycles. The van der Waals surface area contributed by atoms with E-state index in [2.05, 4.69) is 10.1 Å². The van der Waals surface area contributed by atoms with Gasteiger partial charge in [-0.05, 0) is 0 Å². The molecule has 0 bridgehead atoms. The lowest BCUT2D eigenvalue weighted by atomic mass is 10.3. The Hall–Kier alpha value is -1.19. The summed E-state index contributed by atoms with van der Waals surface area (Å²) in [5, 5.41) is 2.56. The van der Waals surface area contributed by atoms with Gasteiger partial charge in [-0.15, -0.1) is 0 Å². The molecule has 0 aromatic rings. The SMILES string of the molecule is O=C1NC2COC=C2O1. The zero-order valence-corrected chi connectivity index (χ0v) is 4.59. The highest BCUT2D eigenvalue weighted by Gasteiger charge is 2.32. The predicted molar refractivity (Wildman–Crippen MR) is 27.4 cm³/mol. The monoisotopic (exact) mass is 127 g/mol. The van der Waals surface area contributed by atoms with Gasteiger partial charge < -0.3 is 14.8 Å². The summed E-state index contributed by atoms with van der Waals surface area (Å²) in [5.41, 5.74) is 0. The second-order valence-corrected chi connectivity index (χ2v) is 1.94. The maximum atomic E-state index is 10.4. The number of rotatable bonds is 0. The number of ether oxygens (including phenoxy) is 2. The summed E-state index contributed by atoms with van der Waals surface area (Å²) >= 11 is 0. The number of hydrogen-bond donors (Lipinski definition) is 1. The van der Waals surface area contributed by atoms with E-state index in [-0.39, 0.29) is 12.1 Å². The summed E-state index contributed by atoms with van der Waals surface area (Å²) in [4.78, 5) is 10.4. The number of alkyl carbamates (subject to hydrolysis) is 1. The lowest BCUT2D eigenvalue weighted by Gasteiger charge is -1.95. The van der Waals surface area contributed by atoms with Gasteiger partial charge in [-0.25, -0.2) is 4.79 Å². The number of amides is 1. The molecule has 1 atom stereocenters. The minimum absolute atomic E-state index is 0.0301. The number of nitrogens with one attached hydrogen (secondary N) is 1. The molecule has 48 valence electrons. The number of hydrogen-bond acceptors (Lipinski definition) is 3. The second kappa shape index (κ2) is 1.40. The molecule has 1 fully saturated rings. The van der Waals surface area contributed by atoms with E-state index in [1.807, 2.05) is 0 Å². The van der Waals surface area contributed by atoms with Crippen molar-refractivity contribution in [3.63, 3.8) is 0 Å². The van der Waals surface area contributed by atoms with Crippen molar-refractivity contribution in [2.24, 2.45) is 0 Å². The fraction of sp³-hybridized carbons (Fsp3) is 0.400. The quantitative estimate of drug-likeness (QED) is 0.497. The van der Waals surface area contributed by atoms with Crippen LogP contribution in [0.25, 0.3) is 0 Å². The van der Waals surface area contributed by atoms with E-state index in [9.17, 15) is 4.79 Å². The zero-order chi connectivity index (χ0) is 6.27. The minimum atomic E-state index is -0.380. The molecule has 1 N–H and O–H groups in total. The van der Waals surface area contributed by atoms with Crippen molar-refractivity contribution in [1.82, 2.24) is 5.32 Å². The Morgan fingerprint density at radius 2 is 2.67 bits per heavy atom. The van der Waals surface area contributed by atoms with Gasteiger partial charge in [-0.2, -0.15) is 0 Å². The number of carbonyl (C=O) groups excluding carboxylic acids is 1. The third-order valence-corrected chi connectivity index (χ3v) is 1.31. The minimum Gasteiger partial charge on any atom is -0.495 e. The molecule has 0 aromatic carbocycles. The van der Waals surface area contributed by atoms with Crippen LogP contribution in [0.15, 0.2) is 12.0 Å². The Labute approximate surface area is 51.4 Å². The average Bonchev–Trinajstić information content (AvgIpc) is 2.22. The Balaban J connectivity index is 2.24. The van der Waals surface area contributed by atoms with Gasteiger partial charge in [0.15, 0.2) is 5.76 Å². The first-order valence-electron chi connectivity index (χ1n) is 2.66. The van der Waals surface area contributed by atoms with Crippen LogP contribution in [0.3, 0.4) is 0 Å². The maximum Gasteiger partial charge on any atom is 0.413 e. The van der Waals surface area contributed by atoms with E-state index in [1.165, 1.54) is 6.26 Å². The summed E-state index contributed by atoms with van der Waals surface area (Å²) in [6, 6.07) is -0.0301. The zero-order valence-electron chi connectivity index (χ0n) is 4.59. The summed E-state index contributed by atoms with van der Waals surface area (Å²) in [6.45, 7) is 0.501. The topological polar surface area (TPSA) is 47.6 Å². The molecule has 0 aromatic heterocycles. The first kappa shape index (κ1) is 4.67. The molecule has 9 heavy (non-hydrogen) atoms. The van der Waals surface area contributed by atoms with Gasteiger partial charge in [0.2, 0.25) is 0 Å². The Bertz CT molecular complexity index is 187. The van der Waals surface area contributed by atoms with Crippen LogP contribution in [-0.4, -0.2) is 18.7 Å². The van der Waals surface area contributed by atoms with Crippen LogP contribution < -0.4 is 5.32 Å². The molecule has 2 aliphatic rings. The van der Waals surface area contributed by atoms with Crippen LogP contribution in [0.1, 0.15) is 0 Å². The predicted octanol–water partition coefficient (Wildman–Crippen LogP) is -0.0336.